The van der Waals surface area contributed by atoms with Crippen LogP contribution in [-0.4, -0.2) is 24.2 Å². The first-order chi connectivity index (χ1) is 11.4. The molecular formula is C16H14BrF2NO4. The molecule has 128 valence electrons. The molecule has 1 fully saturated rings. The van der Waals surface area contributed by atoms with Crippen molar-refractivity contribution in [1.29, 1.82) is 0 Å². The van der Waals surface area contributed by atoms with Gasteiger partial charge in [-0.25, -0.2) is 4.79 Å². The van der Waals surface area contributed by atoms with Crippen LogP contribution in [0.3, 0.4) is 0 Å². The van der Waals surface area contributed by atoms with E-state index in [4.69, 9.17) is 4.74 Å². The van der Waals surface area contributed by atoms with Gasteiger partial charge in [-0.2, -0.15) is 8.78 Å². The first kappa shape index (κ1) is 16.9. The summed E-state index contributed by atoms with van der Waals surface area (Å²) in [4.78, 5) is 27.2. The predicted molar refractivity (Wildman–Crippen MR) is 86.8 cm³/mol. The number of benzene rings is 1. The monoisotopic (exact) mass is 401 g/mol. The Bertz CT molecular complexity index is 861. The largest absolute Gasteiger partial charge is 0.462 e. The summed E-state index contributed by atoms with van der Waals surface area (Å²) < 4.78 is 35.4. The number of rotatable bonds is 5. The predicted octanol–water partition coefficient (Wildman–Crippen LogP) is 3.95. The van der Waals surface area contributed by atoms with E-state index in [9.17, 15) is 18.4 Å². The Labute approximate surface area is 144 Å². The van der Waals surface area contributed by atoms with Gasteiger partial charge in [0.25, 0.3) is 0 Å². The number of halogens is 3. The molecule has 0 unspecified atom stereocenters. The third-order valence-electron chi connectivity index (χ3n) is 3.82. The van der Waals surface area contributed by atoms with Gasteiger partial charge in [-0.3, -0.25) is 4.79 Å². The van der Waals surface area contributed by atoms with Crippen LogP contribution in [0.2, 0.25) is 0 Å². The number of carbonyl (C=O) groups is 1. The third kappa shape index (κ3) is 3.02. The van der Waals surface area contributed by atoms with Crippen molar-refractivity contribution in [2.45, 2.75) is 32.3 Å². The van der Waals surface area contributed by atoms with Crippen molar-refractivity contribution in [1.82, 2.24) is 4.98 Å². The topological polar surface area (TPSA) is 68.4 Å². The zero-order valence-corrected chi connectivity index (χ0v) is 14.3. The number of alkyl halides is 2. The molecule has 1 heterocycles. The highest BCUT2D eigenvalue weighted by Crippen LogP contribution is 2.48. The van der Waals surface area contributed by atoms with Crippen molar-refractivity contribution in [3.63, 3.8) is 0 Å². The Balaban J connectivity index is 2.25. The number of aromatic amines is 1. The Morgan fingerprint density at radius 1 is 1.46 bits per heavy atom. The van der Waals surface area contributed by atoms with E-state index in [1.54, 1.807) is 13.0 Å². The second-order valence-electron chi connectivity index (χ2n) is 5.44. The zero-order chi connectivity index (χ0) is 17.4. The van der Waals surface area contributed by atoms with Crippen LogP contribution < -0.4 is 10.2 Å². The van der Waals surface area contributed by atoms with Gasteiger partial charge in [0.2, 0.25) is 5.43 Å². The SMILES string of the molecule is CCOC(=O)c1c[nH]c2c(OC(F)F)c(Br)c(C3CC3)cc2c1=O. The van der Waals surface area contributed by atoms with Gasteiger partial charge in [-0.1, -0.05) is 0 Å². The number of hydrogen-bond acceptors (Lipinski definition) is 4. The number of pyridine rings is 1. The van der Waals surface area contributed by atoms with Crippen LogP contribution in [0.1, 0.15) is 41.6 Å². The van der Waals surface area contributed by atoms with E-state index >= 15 is 0 Å². The molecule has 0 aliphatic heterocycles. The Morgan fingerprint density at radius 2 is 2.17 bits per heavy atom. The van der Waals surface area contributed by atoms with Crippen molar-refractivity contribution < 1.29 is 23.0 Å². The van der Waals surface area contributed by atoms with Crippen molar-refractivity contribution in [2.24, 2.45) is 0 Å². The van der Waals surface area contributed by atoms with Gasteiger partial charge in [0.15, 0.2) is 5.75 Å². The van der Waals surface area contributed by atoms with Gasteiger partial charge in [-0.05, 0) is 53.2 Å². The highest BCUT2D eigenvalue weighted by molar-refractivity contribution is 9.10. The van der Waals surface area contributed by atoms with Crippen LogP contribution >= 0.6 is 15.9 Å². The third-order valence-corrected chi connectivity index (χ3v) is 4.64. The number of hydrogen-bond donors (Lipinski definition) is 1. The lowest BCUT2D eigenvalue weighted by atomic mass is 10.0. The Hall–Kier alpha value is -1.96. The molecule has 8 heteroatoms. The summed E-state index contributed by atoms with van der Waals surface area (Å²) in [6.07, 6.45) is 2.98. The molecule has 1 aromatic heterocycles. The molecule has 0 bridgehead atoms. The van der Waals surface area contributed by atoms with Gasteiger partial charge in [0, 0.05) is 6.20 Å². The van der Waals surface area contributed by atoms with Gasteiger partial charge in [0.1, 0.15) is 5.56 Å². The van der Waals surface area contributed by atoms with E-state index in [1.165, 1.54) is 0 Å². The molecule has 1 N–H and O–H groups in total. The number of carbonyl (C=O) groups excluding carboxylic acids is 1. The molecule has 3 rings (SSSR count). The average Bonchev–Trinajstić information content (AvgIpc) is 3.35. The summed E-state index contributed by atoms with van der Waals surface area (Å²) in [7, 11) is 0. The number of fused-ring (bicyclic) bond motifs is 1. The van der Waals surface area contributed by atoms with Crippen LogP contribution in [0.15, 0.2) is 21.5 Å². The first-order valence-corrected chi connectivity index (χ1v) is 8.23. The Morgan fingerprint density at radius 3 is 2.75 bits per heavy atom. The van der Waals surface area contributed by atoms with Gasteiger partial charge < -0.3 is 14.5 Å². The standard InChI is InChI=1S/C16H14BrF2NO4/c1-2-23-15(22)10-6-20-12-9(13(10)21)5-8(7-3-4-7)11(17)14(12)24-16(18)19/h5-7,16H,2-4H2,1H3,(H,20,21). The van der Waals surface area contributed by atoms with E-state index in [2.05, 4.69) is 25.7 Å². The highest BCUT2D eigenvalue weighted by Gasteiger charge is 2.30. The summed E-state index contributed by atoms with van der Waals surface area (Å²) in [5.74, 6) is -0.695. The molecule has 0 spiro atoms. The van der Waals surface area contributed by atoms with E-state index in [0.717, 1.165) is 24.6 Å². The zero-order valence-electron chi connectivity index (χ0n) is 12.7. The van der Waals surface area contributed by atoms with Gasteiger partial charge in [0.05, 0.1) is 22.0 Å². The molecule has 1 aliphatic carbocycles. The minimum absolute atomic E-state index is 0.115. The summed E-state index contributed by atoms with van der Waals surface area (Å²) in [6.45, 7) is -1.28. The number of ether oxygens (including phenoxy) is 2. The van der Waals surface area contributed by atoms with Crippen molar-refractivity contribution >= 4 is 32.8 Å². The summed E-state index contributed by atoms with van der Waals surface area (Å²) in [6, 6.07) is 1.62. The average molecular weight is 402 g/mol. The molecule has 0 radical (unpaired) electrons. The molecule has 24 heavy (non-hydrogen) atoms. The van der Waals surface area contributed by atoms with Crippen molar-refractivity contribution in [3.05, 3.63) is 38.1 Å². The molecule has 0 atom stereocenters. The molecule has 1 aromatic carbocycles. The second-order valence-corrected chi connectivity index (χ2v) is 6.23. The lowest BCUT2D eigenvalue weighted by Gasteiger charge is -2.14. The quantitative estimate of drug-likeness (QED) is 0.770. The maximum atomic E-state index is 12.8. The van der Waals surface area contributed by atoms with E-state index in [0.29, 0.717) is 4.47 Å². The smallest absolute Gasteiger partial charge is 0.387 e. The fraction of sp³-hybridized carbons (Fsp3) is 0.375. The van der Waals surface area contributed by atoms with Crippen LogP contribution in [-0.2, 0) is 4.74 Å². The number of esters is 1. The fourth-order valence-corrected chi connectivity index (χ4v) is 3.31. The molecule has 1 aliphatic rings. The Kier molecular flexibility index (Phi) is 4.58. The lowest BCUT2D eigenvalue weighted by molar-refractivity contribution is -0.0494. The molecule has 2 aromatic rings. The molecule has 1 saturated carbocycles. The molecule has 0 amide bonds. The van der Waals surface area contributed by atoms with Gasteiger partial charge >= 0.3 is 12.6 Å². The van der Waals surface area contributed by atoms with Crippen molar-refractivity contribution in [3.8, 4) is 5.75 Å². The second kappa shape index (κ2) is 6.51. The number of H-pyrrole nitrogens is 1. The van der Waals surface area contributed by atoms with E-state index in [1.807, 2.05) is 0 Å². The minimum Gasteiger partial charge on any atom is -0.462 e. The molecule has 0 saturated heterocycles. The molecule has 5 nitrogen and oxygen atoms in total. The number of aromatic nitrogens is 1. The van der Waals surface area contributed by atoms with Crippen LogP contribution in [0.5, 0.6) is 5.75 Å². The van der Waals surface area contributed by atoms with Crippen LogP contribution in [0.4, 0.5) is 8.78 Å². The van der Waals surface area contributed by atoms with Gasteiger partial charge in [-0.15, -0.1) is 0 Å². The molecular weight excluding hydrogens is 388 g/mol. The maximum absolute atomic E-state index is 12.8. The summed E-state index contributed by atoms with van der Waals surface area (Å²) >= 11 is 3.30. The summed E-state index contributed by atoms with van der Waals surface area (Å²) in [5, 5.41) is 0.126. The first-order valence-electron chi connectivity index (χ1n) is 7.43. The summed E-state index contributed by atoms with van der Waals surface area (Å²) in [5.41, 5.74) is 0.0985. The number of nitrogens with one attached hydrogen (secondary N) is 1. The van der Waals surface area contributed by atoms with E-state index in [-0.39, 0.29) is 34.7 Å². The van der Waals surface area contributed by atoms with E-state index < -0.39 is 18.0 Å². The highest BCUT2D eigenvalue weighted by atomic mass is 79.9. The van der Waals surface area contributed by atoms with Crippen LogP contribution in [0.25, 0.3) is 10.9 Å². The maximum Gasteiger partial charge on any atom is 0.387 e. The normalized spacial score (nSPS) is 14.2. The lowest BCUT2D eigenvalue weighted by Crippen LogP contribution is -2.19. The fourth-order valence-electron chi connectivity index (χ4n) is 2.58. The minimum atomic E-state index is -3.04. The van der Waals surface area contributed by atoms with Crippen molar-refractivity contribution in [2.75, 3.05) is 6.61 Å². The van der Waals surface area contributed by atoms with Crippen LogP contribution in [0, 0.1) is 0 Å².